The van der Waals surface area contributed by atoms with Crippen molar-refractivity contribution >= 4 is 29.0 Å². The highest BCUT2D eigenvalue weighted by molar-refractivity contribution is 7.13. The van der Waals surface area contributed by atoms with Gasteiger partial charge in [0.2, 0.25) is 17.7 Å². The molecule has 168 valence electrons. The first kappa shape index (κ1) is 21.5. The van der Waals surface area contributed by atoms with Gasteiger partial charge >= 0.3 is 0 Å². The minimum atomic E-state index is -0.249. The van der Waals surface area contributed by atoms with Gasteiger partial charge in [0, 0.05) is 35.5 Å². The highest BCUT2D eigenvalue weighted by atomic mass is 32.1. The molecule has 0 unspecified atom stereocenters. The second-order valence-electron chi connectivity index (χ2n) is 7.45. The number of aryl methyl sites for hydroxylation is 1. The largest absolute Gasteiger partial charge is 0.421 e. The van der Waals surface area contributed by atoms with Gasteiger partial charge in [0.1, 0.15) is 5.69 Å². The number of nitrogens with one attached hydrogen (secondary N) is 1. The Morgan fingerprint density at radius 1 is 1.09 bits per heavy atom. The van der Waals surface area contributed by atoms with E-state index in [0.717, 1.165) is 27.4 Å². The summed E-state index contributed by atoms with van der Waals surface area (Å²) in [6.45, 7) is 1.95. The topological polar surface area (TPSA) is 85.8 Å². The van der Waals surface area contributed by atoms with E-state index in [1.807, 2.05) is 89.9 Å². The first-order valence-electron chi connectivity index (χ1n) is 10.8. The summed E-state index contributed by atoms with van der Waals surface area (Å²) in [4.78, 5) is 13.7. The molecule has 7 nitrogen and oxygen atoms in total. The van der Waals surface area contributed by atoms with Gasteiger partial charge < -0.3 is 9.73 Å². The van der Waals surface area contributed by atoms with Crippen molar-refractivity contribution in [3.05, 3.63) is 95.8 Å². The van der Waals surface area contributed by atoms with E-state index in [1.54, 1.807) is 17.4 Å². The van der Waals surface area contributed by atoms with Crippen LogP contribution in [0.5, 0.6) is 0 Å². The number of benzene rings is 2. The van der Waals surface area contributed by atoms with E-state index in [9.17, 15) is 4.79 Å². The van der Waals surface area contributed by atoms with Crippen LogP contribution < -0.4 is 5.32 Å². The van der Waals surface area contributed by atoms with E-state index in [2.05, 4.69) is 15.5 Å². The third-order valence-electron chi connectivity index (χ3n) is 5.08. The highest BCUT2D eigenvalue weighted by Crippen LogP contribution is 2.29. The summed E-state index contributed by atoms with van der Waals surface area (Å²) >= 11 is 1.61. The highest BCUT2D eigenvalue weighted by Gasteiger charge is 2.12. The normalized spacial score (nSPS) is 11.2. The van der Waals surface area contributed by atoms with Gasteiger partial charge in [-0.3, -0.25) is 4.79 Å². The Labute approximate surface area is 200 Å². The molecule has 0 atom stereocenters. The zero-order valence-corrected chi connectivity index (χ0v) is 19.2. The fraction of sp³-hybridized carbons (Fsp3) is 0.0769. The third kappa shape index (κ3) is 4.72. The van der Waals surface area contributed by atoms with Crippen molar-refractivity contribution in [3.63, 3.8) is 0 Å². The fourth-order valence-electron chi connectivity index (χ4n) is 3.42. The van der Waals surface area contributed by atoms with Crippen molar-refractivity contribution in [1.29, 1.82) is 0 Å². The number of hydrogen-bond acceptors (Lipinski definition) is 6. The smallest absolute Gasteiger partial charge is 0.248 e. The molecule has 0 aliphatic carbocycles. The average Bonchev–Trinajstić information content (AvgIpc) is 3.64. The molecule has 0 saturated carbocycles. The lowest BCUT2D eigenvalue weighted by atomic mass is 10.2. The predicted octanol–water partition coefficient (Wildman–Crippen LogP) is 5.87. The monoisotopic (exact) mass is 467 g/mol. The summed E-state index contributed by atoms with van der Waals surface area (Å²) in [6, 6.07) is 21.2. The molecule has 0 fully saturated rings. The van der Waals surface area contributed by atoms with Crippen LogP contribution >= 0.6 is 11.3 Å². The number of anilines is 1. The molecule has 5 aromatic rings. The standard InChI is InChI=1S/C26H21N5O2S/c1-2-24-28-29-26(33-24)18-8-6-9-20(16-18)27-23(32)14-13-19-17-31(21-10-4-3-5-11-21)30-25(19)22-12-7-15-34-22/h3-17H,2H2,1H3,(H,27,32)/b14-13+. The summed E-state index contributed by atoms with van der Waals surface area (Å²) < 4.78 is 7.44. The molecule has 34 heavy (non-hydrogen) atoms. The predicted molar refractivity (Wildman–Crippen MR) is 134 cm³/mol. The Morgan fingerprint density at radius 2 is 1.97 bits per heavy atom. The maximum Gasteiger partial charge on any atom is 0.248 e. The van der Waals surface area contributed by atoms with E-state index in [4.69, 9.17) is 9.52 Å². The van der Waals surface area contributed by atoms with E-state index < -0.39 is 0 Å². The lowest BCUT2D eigenvalue weighted by Gasteiger charge is -2.03. The summed E-state index contributed by atoms with van der Waals surface area (Å²) in [5.41, 5.74) is 4.02. The van der Waals surface area contributed by atoms with E-state index in [0.29, 0.717) is 23.9 Å². The Morgan fingerprint density at radius 3 is 2.74 bits per heavy atom. The minimum Gasteiger partial charge on any atom is -0.421 e. The number of amides is 1. The Hall–Kier alpha value is -4.30. The zero-order valence-electron chi connectivity index (χ0n) is 18.4. The summed E-state index contributed by atoms with van der Waals surface area (Å²) in [6.07, 6.45) is 5.89. The molecule has 0 saturated heterocycles. The molecule has 2 aromatic carbocycles. The lowest BCUT2D eigenvalue weighted by Crippen LogP contribution is -2.07. The molecular formula is C26H21N5O2S. The summed E-state index contributed by atoms with van der Waals surface area (Å²) in [5, 5.41) is 17.7. The number of hydrogen-bond donors (Lipinski definition) is 1. The first-order chi connectivity index (χ1) is 16.7. The van der Waals surface area contributed by atoms with Crippen LogP contribution in [-0.2, 0) is 11.2 Å². The summed E-state index contributed by atoms with van der Waals surface area (Å²) in [5.74, 6) is 0.754. The van der Waals surface area contributed by atoms with Crippen LogP contribution in [0.25, 0.3) is 33.8 Å². The first-order valence-corrected chi connectivity index (χ1v) is 11.7. The molecular weight excluding hydrogens is 446 g/mol. The molecule has 0 aliphatic heterocycles. The maximum atomic E-state index is 12.7. The van der Waals surface area contributed by atoms with Gasteiger partial charge in [-0.05, 0) is 47.9 Å². The van der Waals surface area contributed by atoms with Crippen LogP contribution in [-0.4, -0.2) is 25.9 Å². The van der Waals surface area contributed by atoms with Gasteiger partial charge in [-0.1, -0.05) is 37.3 Å². The molecule has 0 bridgehead atoms. The van der Waals surface area contributed by atoms with E-state index in [1.165, 1.54) is 6.08 Å². The number of thiophene rings is 1. The lowest BCUT2D eigenvalue weighted by molar-refractivity contribution is -0.111. The molecule has 1 amide bonds. The molecule has 0 spiro atoms. The maximum absolute atomic E-state index is 12.7. The Balaban J connectivity index is 1.36. The molecule has 3 heterocycles. The number of carbonyl (C=O) groups is 1. The molecule has 8 heteroatoms. The number of para-hydroxylation sites is 1. The van der Waals surface area contributed by atoms with Gasteiger partial charge in [-0.15, -0.1) is 21.5 Å². The minimum absolute atomic E-state index is 0.249. The molecule has 5 rings (SSSR count). The molecule has 0 radical (unpaired) electrons. The van der Waals surface area contributed by atoms with Crippen molar-refractivity contribution < 1.29 is 9.21 Å². The van der Waals surface area contributed by atoms with Crippen LogP contribution in [0.15, 0.2) is 88.8 Å². The fourth-order valence-corrected chi connectivity index (χ4v) is 4.15. The van der Waals surface area contributed by atoms with E-state index >= 15 is 0 Å². The van der Waals surface area contributed by atoms with Crippen molar-refractivity contribution in [2.24, 2.45) is 0 Å². The van der Waals surface area contributed by atoms with Crippen molar-refractivity contribution in [2.45, 2.75) is 13.3 Å². The number of rotatable bonds is 7. The van der Waals surface area contributed by atoms with Crippen molar-refractivity contribution in [2.75, 3.05) is 5.32 Å². The van der Waals surface area contributed by atoms with Gasteiger partial charge in [0.15, 0.2) is 0 Å². The van der Waals surface area contributed by atoms with Gasteiger partial charge in [0.25, 0.3) is 0 Å². The Bertz CT molecular complexity index is 1440. The quantitative estimate of drug-likeness (QED) is 0.303. The second-order valence-corrected chi connectivity index (χ2v) is 8.40. The van der Waals surface area contributed by atoms with E-state index in [-0.39, 0.29) is 5.91 Å². The van der Waals surface area contributed by atoms with Crippen molar-refractivity contribution in [3.8, 4) is 27.7 Å². The number of aromatic nitrogens is 4. The molecule has 3 aromatic heterocycles. The van der Waals surface area contributed by atoms with Crippen LogP contribution in [0.2, 0.25) is 0 Å². The van der Waals surface area contributed by atoms with Crippen LogP contribution in [0, 0.1) is 0 Å². The molecule has 0 aliphatic rings. The third-order valence-corrected chi connectivity index (χ3v) is 5.96. The Kier molecular flexibility index (Phi) is 6.13. The van der Waals surface area contributed by atoms with Gasteiger partial charge in [0.05, 0.1) is 10.6 Å². The van der Waals surface area contributed by atoms with Crippen LogP contribution in [0.1, 0.15) is 18.4 Å². The average molecular weight is 468 g/mol. The second kappa shape index (κ2) is 9.68. The van der Waals surface area contributed by atoms with Crippen LogP contribution in [0.4, 0.5) is 5.69 Å². The van der Waals surface area contributed by atoms with Gasteiger partial charge in [-0.25, -0.2) is 4.68 Å². The number of nitrogens with zero attached hydrogens (tertiary/aromatic N) is 4. The summed E-state index contributed by atoms with van der Waals surface area (Å²) in [7, 11) is 0. The van der Waals surface area contributed by atoms with Crippen molar-refractivity contribution in [1.82, 2.24) is 20.0 Å². The number of carbonyl (C=O) groups excluding carboxylic acids is 1. The zero-order chi connectivity index (χ0) is 23.3. The van der Waals surface area contributed by atoms with Crippen LogP contribution in [0.3, 0.4) is 0 Å². The molecule has 1 N–H and O–H groups in total. The van der Waals surface area contributed by atoms with Gasteiger partial charge in [-0.2, -0.15) is 5.10 Å². The SMILES string of the molecule is CCc1nnc(-c2cccc(NC(=O)/C=C/c3cn(-c4ccccc4)nc3-c3cccs3)c2)o1.